The molecule has 0 bridgehead atoms. The van der Waals surface area contributed by atoms with Crippen LogP contribution in [-0.2, 0) is 0 Å². The molecule has 110 valence electrons. The third-order valence-corrected chi connectivity index (χ3v) is 5.56. The molecule has 2 rings (SSSR count). The molecule has 2 fully saturated rings. The normalized spacial score (nSPS) is 24.2. The minimum absolute atomic E-state index is 0.0651. The summed E-state index contributed by atoms with van der Waals surface area (Å²) in [4.78, 5) is 0. The van der Waals surface area contributed by atoms with E-state index in [1.54, 1.807) is 0 Å². The van der Waals surface area contributed by atoms with Gasteiger partial charge in [-0.1, -0.05) is 39.0 Å². The molecule has 2 aliphatic rings. The van der Waals surface area contributed by atoms with Gasteiger partial charge in [0.15, 0.2) is 0 Å². The zero-order valence-electron chi connectivity index (χ0n) is 12.8. The molecule has 0 aromatic rings. The molecule has 0 saturated heterocycles. The highest BCUT2D eigenvalue weighted by atomic mass is 16.3. The van der Waals surface area contributed by atoms with Gasteiger partial charge in [-0.15, -0.1) is 0 Å². The largest absolute Gasteiger partial charge is 0.393 e. The fourth-order valence-electron chi connectivity index (χ4n) is 3.25. The topological polar surface area (TPSA) is 20.2 Å². The van der Waals surface area contributed by atoms with Crippen LogP contribution in [0.3, 0.4) is 0 Å². The second-order valence-electron chi connectivity index (χ2n) is 7.36. The molecule has 0 spiro atoms. The standard InChI is InChI=1S/C18H32O/c1-3-18(14-15-18)11-7-5-9-16(19)8-4-6-10-17(2)12-13-17/h2,16,19H,3-15H2,1H3. The van der Waals surface area contributed by atoms with Gasteiger partial charge in [0.05, 0.1) is 6.10 Å². The Hall–Kier alpha value is -0.0400. The lowest BCUT2D eigenvalue weighted by Gasteiger charge is -2.14. The number of hydrogen-bond acceptors (Lipinski definition) is 1. The first-order chi connectivity index (χ1) is 9.08. The van der Waals surface area contributed by atoms with Crippen molar-refractivity contribution in [3.8, 4) is 0 Å². The van der Waals surface area contributed by atoms with Crippen LogP contribution in [0.5, 0.6) is 0 Å². The summed E-state index contributed by atoms with van der Waals surface area (Å²) in [5, 5.41) is 9.97. The van der Waals surface area contributed by atoms with Gasteiger partial charge in [0.25, 0.3) is 0 Å². The second kappa shape index (κ2) is 6.61. The number of aliphatic hydroxyl groups is 1. The molecule has 2 aliphatic carbocycles. The molecule has 1 heteroatoms. The molecule has 0 amide bonds. The Kier molecular flexibility index (Phi) is 5.34. The zero-order valence-corrected chi connectivity index (χ0v) is 12.8. The summed E-state index contributed by atoms with van der Waals surface area (Å²) in [6, 6.07) is 0. The van der Waals surface area contributed by atoms with Gasteiger partial charge in [0.2, 0.25) is 0 Å². The van der Waals surface area contributed by atoms with Crippen LogP contribution in [0.25, 0.3) is 0 Å². The first-order valence-electron chi connectivity index (χ1n) is 8.55. The average Bonchev–Trinajstić information content (AvgIpc) is 3.30. The Morgan fingerprint density at radius 1 is 0.947 bits per heavy atom. The Morgan fingerprint density at radius 3 is 2.00 bits per heavy atom. The van der Waals surface area contributed by atoms with E-state index in [0.29, 0.717) is 0 Å². The van der Waals surface area contributed by atoms with E-state index in [-0.39, 0.29) is 11.5 Å². The first kappa shape index (κ1) is 15.4. The van der Waals surface area contributed by atoms with Crippen LogP contribution in [0.4, 0.5) is 0 Å². The monoisotopic (exact) mass is 264 g/mol. The van der Waals surface area contributed by atoms with Crippen molar-refractivity contribution in [1.82, 2.24) is 0 Å². The van der Waals surface area contributed by atoms with Gasteiger partial charge in [0.1, 0.15) is 0 Å². The summed E-state index contributed by atoms with van der Waals surface area (Å²) in [5.41, 5.74) is 0.925. The minimum atomic E-state index is -0.0651. The van der Waals surface area contributed by atoms with Gasteiger partial charge in [0, 0.05) is 0 Å². The van der Waals surface area contributed by atoms with Crippen molar-refractivity contribution in [2.24, 2.45) is 10.8 Å². The summed E-state index contributed by atoms with van der Waals surface area (Å²) < 4.78 is 0. The molecule has 0 heterocycles. The molecular weight excluding hydrogens is 232 g/mol. The highest BCUT2D eigenvalue weighted by Gasteiger charge is 2.39. The Morgan fingerprint density at radius 2 is 1.53 bits per heavy atom. The second-order valence-corrected chi connectivity index (χ2v) is 7.36. The Balaban J connectivity index is 1.40. The molecular formula is C18H32O. The molecule has 0 aliphatic heterocycles. The SMILES string of the molecule is [CH]C1(CCCCC(O)CCCCC2(CC)CC2)CC1. The lowest BCUT2D eigenvalue weighted by Crippen LogP contribution is -2.07. The maximum Gasteiger partial charge on any atom is 0.0540 e. The maximum atomic E-state index is 9.97. The molecule has 1 nitrogen and oxygen atoms in total. The lowest BCUT2D eigenvalue weighted by molar-refractivity contribution is 0.145. The summed E-state index contributed by atoms with van der Waals surface area (Å²) in [6.45, 7) is 8.38. The number of rotatable bonds is 11. The van der Waals surface area contributed by atoms with Gasteiger partial charge < -0.3 is 5.11 Å². The number of hydrogen-bond donors (Lipinski definition) is 1. The summed E-state index contributed by atoms with van der Waals surface area (Å²) in [7, 11) is 0. The van der Waals surface area contributed by atoms with Crippen molar-refractivity contribution in [3.05, 3.63) is 6.92 Å². The third-order valence-electron chi connectivity index (χ3n) is 5.56. The smallest absolute Gasteiger partial charge is 0.0540 e. The third kappa shape index (κ3) is 5.45. The van der Waals surface area contributed by atoms with Crippen molar-refractivity contribution in [3.63, 3.8) is 0 Å². The van der Waals surface area contributed by atoms with E-state index >= 15 is 0 Å². The van der Waals surface area contributed by atoms with E-state index in [2.05, 4.69) is 6.92 Å². The molecule has 1 atom stereocenters. The van der Waals surface area contributed by atoms with E-state index < -0.39 is 0 Å². The highest BCUT2D eigenvalue weighted by molar-refractivity contribution is 4.94. The predicted octanol–water partition coefficient (Wildman–Crippen LogP) is 5.15. The van der Waals surface area contributed by atoms with Crippen LogP contribution in [0.2, 0.25) is 0 Å². The van der Waals surface area contributed by atoms with Crippen LogP contribution in [0.1, 0.15) is 90.4 Å². The van der Waals surface area contributed by atoms with Crippen molar-refractivity contribution in [2.45, 2.75) is 96.5 Å². The molecule has 2 saturated carbocycles. The first-order valence-corrected chi connectivity index (χ1v) is 8.55. The number of unbranched alkanes of at least 4 members (excludes halogenated alkanes) is 2. The fourth-order valence-corrected chi connectivity index (χ4v) is 3.25. The Bertz CT molecular complexity index is 263. The minimum Gasteiger partial charge on any atom is -0.393 e. The molecule has 2 radical (unpaired) electrons. The molecule has 0 aromatic heterocycles. The van der Waals surface area contributed by atoms with Crippen LogP contribution in [0.15, 0.2) is 0 Å². The molecule has 1 unspecified atom stereocenters. The molecule has 19 heavy (non-hydrogen) atoms. The average molecular weight is 264 g/mol. The van der Waals surface area contributed by atoms with Crippen LogP contribution in [0, 0.1) is 17.8 Å². The quantitative estimate of drug-likeness (QED) is 0.512. The maximum absolute atomic E-state index is 9.97. The summed E-state index contributed by atoms with van der Waals surface area (Å²) in [5.74, 6) is 0. The van der Waals surface area contributed by atoms with Crippen LogP contribution >= 0.6 is 0 Å². The van der Waals surface area contributed by atoms with Gasteiger partial charge in [-0.25, -0.2) is 0 Å². The van der Waals surface area contributed by atoms with E-state index in [0.717, 1.165) is 24.7 Å². The van der Waals surface area contributed by atoms with E-state index in [4.69, 9.17) is 6.92 Å². The van der Waals surface area contributed by atoms with Gasteiger partial charge >= 0.3 is 0 Å². The van der Waals surface area contributed by atoms with Gasteiger partial charge in [-0.05, 0) is 69.1 Å². The van der Waals surface area contributed by atoms with E-state index in [1.165, 1.54) is 64.2 Å². The van der Waals surface area contributed by atoms with Crippen molar-refractivity contribution in [2.75, 3.05) is 0 Å². The lowest BCUT2D eigenvalue weighted by atomic mass is 9.94. The Labute approximate surface area is 120 Å². The zero-order chi connectivity index (χ0) is 13.8. The van der Waals surface area contributed by atoms with Gasteiger partial charge in [-0.2, -0.15) is 0 Å². The van der Waals surface area contributed by atoms with Crippen LogP contribution < -0.4 is 0 Å². The van der Waals surface area contributed by atoms with Gasteiger partial charge in [-0.3, -0.25) is 0 Å². The van der Waals surface area contributed by atoms with Crippen molar-refractivity contribution < 1.29 is 5.11 Å². The van der Waals surface area contributed by atoms with Crippen LogP contribution in [-0.4, -0.2) is 11.2 Å². The summed E-state index contributed by atoms with van der Waals surface area (Å²) >= 11 is 0. The highest BCUT2D eigenvalue weighted by Crippen LogP contribution is 2.52. The van der Waals surface area contributed by atoms with E-state index in [9.17, 15) is 5.11 Å². The van der Waals surface area contributed by atoms with Crippen molar-refractivity contribution >= 4 is 0 Å². The van der Waals surface area contributed by atoms with E-state index in [1.807, 2.05) is 0 Å². The fraction of sp³-hybridized carbons (Fsp3) is 0.944. The summed E-state index contributed by atoms with van der Waals surface area (Å²) in [6.07, 6.45) is 16.1. The predicted molar refractivity (Wildman–Crippen MR) is 80.9 cm³/mol. The number of aliphatic hydroxyl groups excluding tert-OH is 1. The molecule has 0 aromatic carbocycles. The van der Waals surface area contributed by atoms with Crippen molar-refractivity contribution in [1.29, 1.82) is 0 Å². The molecule has 1 N–H and O–H groups in total.